The number of halogens is 2. The zero-order valence-corrected chi connectivity index (χ0v) is 20.4. The molecule has 11 heteroatoms. The fourth-order valence-corrected chi connectivity index (χ4v) is 4.15. The first kappa shape index (κ1) is 24.4. The number of likely N-dealkylation sites (tertiary alicyclic amines) is 1. The van der Waals surface area contributed by atoms with E-state index in [0.717, 1.165) is 0 Å². The molecule has 4 aromatic rings. The van der Waals surface area contributed by atoms with Crippen molar-refractivity contribution >= 4 is 40.0 Å². The van der Waals surface area contributed by atoms with Crippen molar-refractivity contribution in [3.05, 3.63) is 84.2 Å². The summed E-state index contributed by atoms with van der Waals surface area (Å²) in [5.41, 5.74) is 2.26. The molecule has 0 saturated carbocycles. The quantitative estimate of drug-likeness (QED) is 0.263. The lowest BCUT2D eigenvalue weighted by Gasteiger charge is -2.16. The van der Waals surface area contributed by atoms with Gasteiger partial charge in [0.2, 0.25) is 17.7 Å². The van der Waals surface area contributed by atoms with Crippen molar-refractivity contribution in [2.24, 2.45) is 0 Å². The van der Waals surface area contributed by atoms with Gasteiger partial charge in [-0.05, 0) is 42.5 Å². The van der Waals surface area contributed by atoms with Gasteiger partial charge in [-0.25, -0.2) is 19.9 Å². The molecule has 188 valence electrons. The minimum absolute atomic E-state index is 0.0774. The third kappa shape index (κ3) is 5.75. The second kappa shape index (κ2) is 10.8. The Labute approximate surface area is 216 Å². The highest BCUT2D eigenvalue weighted by molar-refractivity contribution is 6.32. The molecule has 9 nitrogen and oxygen atoms in total. The molecule has 37 heavy (non-hydrogen) atoms. The van der Waals surface area contributed by atoms with Crippen LogP contribution in [-0.4, -0.2) is 49.9 Å². The van der Waals surface area contributed by atoms with E-state index >= 15 is 0 Å². The number of carbonyl (C=O) groups excluding carboxylic acids is 1. The van der Waals surface area contributed by atoms with Crippen LogP contribution in [0, 0.1) is 5.95 Å². The van der Waals surface area contributed by atoms with Crippen LogP contribution in [0.1, 0.15) is 12.1 Å². The van der Waals surface area contributed by atoms with E-state index in [1.54, 1.807) is 47.4 Å². The Bertz CT molecular complexity index is 1470. The summed E-state index contributed by atoms with van der Waals surface area (Å²) in [6.45, 7) is 4.69. The smallest absolute Gasteiger partial charge is 0.246 e. The molecule has 0 radical (unpaired) electrons. The molecule has 1 saturated heterocycles. The monoisotopic (exact) mass is 520 g/mol. The Balaban J connectivity index is 1.29. The van der Waals surface area contributed by atoms with Gasteiger partial charge in [-0.1, -0.05) is 24.2 Å². The Morgan fingerprint density at radius 1 is 1.22 bits per heavy atom. The largest absolute Gasteiger partial charge is 0.486 e. The predicted octanol–water partition coefficient (Wildman–Crippen LogP) is 4.70. The summed E-state index contributed by atoms with van der Waals surface area (Å²) in [6.07, 6.45) is 3.29. The summed E-state index contributed by atoms with van der Waals surface area (Å²) in [5, 5.41) is 3.57. The molecule has 0 aliphatic carbocycles. The number of rotatable bonds is 8. The van der Waals surface area contributed by atoms with Crippen LogP contribution < -0.4 is 14.8 Å². The summed E-state index contributed by atoms with van der Waals surface area (Å²) in [5.74, 6) is 0.632. The van der Waals surface area contributed by atoms with Gasteiger partial charge in [-0.15, -0.1) is 0 Å². The normalized spacial score (nSPS) is 15.0. The van der Waals surface area contributed by atoms with E-state index in [1.165, 1.54) is 18.5 Å². The van der Waals surface area contributed by atoms with Gasteiger partial charge < -0.3 is 19.7 Å². The van der Waals surface area contributed by atoms with Crippen molar-refractivity contribution in [3.8, 4) is 11.6 Å². The highest BCUT2D eigenvalue weighted by atomic mass is 35.5. The zero-order chi connectivity index (χ0) is 25.8. The number of benzene rings is 1. The van der Waals surface area contributed by atoms with Crippen LogP contribution in [0.3, 0.4) is 0 Å². The average molecular weight is 521 g/mol. The van der Waals surface area contributed by atoms with Gasteiger partial charge in [0.15, 0.2) is 5.82 Å². The number of nitrogens with zero attached hydrogens (tertiary/aromatic N) is 5. The van der Waals surface area contributed by atoms with Gasteiger partial charge in [0.05, 0.1) is 22.8 Å². The molecule has 1 atom stereocenters. The topological polar surface area (TPSA) is 102 Å². The minimum Gasteiger partial charge on any atom is -0.486 e. The molecule has 5 rings (SSSR count). The predicted molar refractivity (Wildman–Crippen MR) is 136 cm³/mol. The van der Waals surface area contributed by atoms with Crippen LogP contribution in [0.4, 0.5) is 15.9 Å². The van der Waals surface area contributed by atoms with E-state index < -0.39 is 5.95 Å². The molecule has 0 bridgehead atoms. The van der Waals surface area contributed by atoms with E-state index in [9.17, 15) is 9.18 Å². The number of anilines is 2. The van der Waals surface area contributed by atoms with Crippen molar-refractivity contribution in [1.82, 2.24) is 24.8 Å². The van der Waals surface area contributed by atoms with Gasteiger partial charge in [0.25, 0.3) is 0 Å². The molecule has 3 aromatic heterocycles. The fraction of sp³-hybridized carbons (Fsp3) is 0.192. The fourth-order valence-electron chi connectivity index (χ4n) is 3.92. The molecule has 1 aliphatic rings. The molecular weight excluding hydrogens is 499 g/mol. The van der Waals surface area contributed by atoms with Gasteiger partial charge in [0, 0.05) is 24.7 Å². The summed E-state index contributed by atoms with van der Waals surface area (Å²) < 4.78 is 25.0. The number of amides is 1. The van der Waals surface area contributed by atoms with Crippen molar-refractivity contribution in [2.75, 3.05) is 18.4 Å². The Morgan fingerprint density at radius 3 is 2.92 bits per heavy atom. The van der Waals surface area contributed by atoms with E-state index in [4.69, 9.17) is 21.1 Å². The van der Waals surface area contributed by atoms with Crippen molar-refractivity contribution in [1.29, 1.82) is 0 Å². The Kier molecular flexibility index (Phi) is 7.09. The van der Waals surface area contributed by atoms with Crippen molar-refractivity contribution < 1.29 is 18.7 Å². The number of pyridine rings is 2. The molecular formula is C26H22ClFN6O3. The van der Waals surface area contributed by atoms with Crippen molar-refractivity contribution in [2.45, 2.75) is 19.1 Å². The van der Waals surface area contributed by atoms with Crippen LogP contribution >= 0.6 is 11.6 Å². The first-order valence-electron chi connectivity index (χ1n) is 11.5. The van der Waals surface area contributed by atoms with Crippen molar-refractivity contribution in [3.63, 3.8) is 0 Å². The van der Waals surface area contributed by atoms with Crippen LogP contribution in [-0.2, 0) is 11.4 Å². The maximum Gasteiger partial charge on any atom is 0.246 e. The lowest BCUT2D eigenvalue weighted by molar-refractivity contribution is -0.125. The molecule has 1 N–H and O–H groups in total. The summed E-state index contributed by atoms with van der Waals surface area (Å²) in [4.78, 5) is 30.5. The van der Waals surface area contributed by atoms with Crippen LogP contribution in [0.15, 0.2) is 67.5 Å². The van der Waals surface area contributed by atoms with Gasteiger partial charge >= 0.3 is 0 Å². The Morgan fingerprint density at radius 2 is 2.11 bits per heavy atom. The molecule has 1 aromatic carbocycles. The third-order valence-electron chi connectivity index (χ3n) is 5.72. The maximum absolute atomic E-state index is 13.3. The maximum atomic E-state index is 13.3. The third-order valence-corrected chi connectivity index (χ3v) is 6.01. The van der Waals surface area contributed by atoms with E-state index in [-0.39, 0.29) is 18.6 Å². The average Bonchev–Trinajstić information content (AvgIpc) is 3.36. The number of nitrogens with one attached hydrogen (secondary N) is 1. The molecule has 1 aliphatic heterocycles. The molecule has 1 fully saturated rings. The van der Waals surface area contributed by atoms with E-state index in [2.05, 4.69) is 31.8 Å². The first-order chi connectivity index (χ1) is 18.0. The second-order valence-electron chi connectivity index (χ2n) is 8.27. The molecule has 0 spiro atoms. The lowest BCUT2D eigenvalue weighted by Crippen LogP contribution is -2.29. The summed E-state index contributed by atoms with van der Waals surface area (Å²) >= 11 is 6.41. The molecule has 0 unspecified atom stereocenters. The first-order valence-corrected chi connectivity index (χ1v) is 11.9. The summed E-state index contributed by atoms with van der Waals surface area (Å²) in [7, 11) is 0. The molecule has 4 heterocycles. The summed E-state index contributed by atoms with van der Waals surface area (Å²) in [6, 6.07) is 13.2. The van der Waals surface area contributed by atoms with Crippen LogP contribution in [0.5, 0.6) is 11.6 Å². The second-order valence-corrected chi connectivity index (χ2v) is 8.67. The lowest BCUT2D eigenvalue weighted by atomic mass is 10.2. The standard InChI is InChI=1S/C26H22ClFN6O3/c1-2-24(35)34-11-10-18(13-34)37-23-9-7-20-25(33-23)26(30-15-29-20)32-16-6-8-21(19(27)12-16)36-14-17-4-3-5-22(28)31-17/h2-9,12,15,18H,1,10-11,13-14H2,(H,29,30,32)/t18-/m0/s1. The number of fused-ring (bicyclic) bond motifs is 1. The van der Waals surface area contributed by atoms with E-state index in [1.807, 2.05) is 0 Å². The van der Waals surface area contributed by atoms with Crippen LogP contribution in [0.2, 0.25) is 5.02 Å². The highest BCUT2D eigenvalue weighted by Crippen LogP contribution is 2.31. The highest BCUT2D eigenvalue weighted by Gasteiger charge is 2.26. The number of carbonyl (C=O) groups is 1. The van der Waals surface area contributed by atoms with Gasteiger partial charge in [0.1, 0.15) is 30.3 Å². The number of aromatic nitrogens is 4. The number of hydrogen-bond donors (Lipinski definition) is 1. The van der Waals surface area contributed by atoms with E-state index in [0.29, 0.717) is 64.4 Å². The van der Waals surface area contributed by atoms with Gasteiger partial charge in [-0.3, -0.25) is 4.79 Å². The van der Waals surface area contributed by atoms with Crippen LogP contribution in [0.25, 0.3) is 11.0 Å². The number of ether oxygens (including phenoxy) is 2. The molecule has 1 amide bonds. The minimum atomic E-state index is -0.570. The number of hydrogen-bond acceptors (Lipinski definition) is 8. The Hall–Kier alpha value is -4.31. The van der Waals surface area contributed by atoms with Gasteiger partial charge in [-0.2, -0.15) is 4.39 Å². The zero-order valence-electron chi connectivity index (χ0n) is 19.6. The SMILES string of the molecule is C=CC(=O)N1CC[C@H](Oc2ccc3ncnc(Nc4ccc(OCc5cccc(F)n5)c(Cl)c4)c3n2)C1.